The first-order valence-corrected chi connectivity index (χ1v) is 29.1. The largest absolute Gasteiger partial charge is 0.449 e. The molecular formula is C57H87N7O18. The number of alkyl carbamates (subject to hydrolysis) is 2. The Hall–Kier alpha value is -5.90. The van der Waals surface area contributed by atoms with Gasteiger partial charge < -0.3 is 79.3 Å². The summed E-state index contributed by atoms with van der Waals surface area (Å²) in [5, 5.41) is 16.5. The summed E-state index contributed by atoms with van der Waals surface area (Å²) in [4.78, 5) is 98.2. The van der Waals surface area contributed by atoms with Gasteiger partial charge in [0, 0.05) is 103 Å². The van der Waals surface area contributed by atoms with Crippen molar-refractivity contribution in [2.45, 2.75) is 83.1 Å². The van der Waals surface area contributed by atoms with E-state index in [-0.39, 0.29) is 142 Å². The summed E-state index contributed by atoms with van der Waals surface area (Å²) < 4.78 is 55.4. The smallest absolute Gasteiger partial charge is 0.407 e. The van der Waals surface area contributed by atoms with Gasteiger partial charge in [0.15, 0.2) is 0 Å². The van der Waals surface area contributed by atoms with Crippen LogP contribution < -0.4 is 31.9 Å². The average Bonchev–Trinajstić information content (AvgIpc) is 4.45. The Balaban J connectivity index is 0.842. The van der Waals surface area contributed by atoms with E-state index in [4.69, 9.17) is 47.4 Å². The standard InChI is InChI=1S/C57H87N7O18/c65-50(15-24-64-54(69)13-14-55(64)70)58-19-28-74-34-33-73-25-18-53(68)63-43(39-79-26-16-51(66)59-20-29-75-35-37-77-31-22-61-56(71)81-41-48-44-9-5-1-2-6-10-45(44)48)40-80-27-17-52(67)60-21-30-76-36-38-78-32-23-62-57(72)82-42-49-46-11-7-3-4-8-12-47(46)49/h13-14,43-49H,5-12,15-42H2,(H,58,65)(H,59,66)(H,60,67)(H,61,71)(H,62,72)(H,63,68)/t43?,44-,45+,46-,47+,48?,49?. The number of rotatable bonds is 45. The normalized spacial score (nSPS) is 20.6. The fourth-order valence-corrected chi connectivity index (χ4v) is 9.72. The second-order valence-electron chi connectivity index (χ2n) is 20.2. The molecular weight excluding hydrogens is 1070 g/mol. The van der Waals surface area contributed by atoms with Gasteiger partial charge in [0.1, 0.15) is 0 Å². The zero-order valence-corrected chi connectivity index (χ0v) is 47.4. The highest BCUT2D eigenvalue weighted by atomic mass is 16.6. The van der Waals surface area contributed by atoms with E-state index < -0.39 is 30.0 Å². The minimum absolute atomic E-state index is 0.00677. The molecule has 2 fully saturated rings. The summed E-state index contributed by atoms with van der Waals surface area (Å²) in [7, 11) is 0. The molecule has 0 aromatic heterocycles. The van der Waals surface area contributed by atoms with Gasteiger partial charge in [-0.15, -0.1) is 23.7 Å². The van der Waals surface area contributed by atoms with Crippen LogP contribution in [-0.4, -0.2) is 217 Å². The van der Waals surface area contributed by atoms with Crippen LogP contribution in [0.4, 0.5) is 9.59 Å². The van der Waals surface area contributed by atoms with E-state index in [0.29, 0.717) is 101 Å². The lowest BCUT2D eigenvalue weighted by atomic mass is 10.1. The topological polar surface area (TPSA) is 304 Å². The van der Waals surface area contributed by atoms with Gasteiger partial charge in [-0.1, -0.05) is 0 Å². The van der Waals surface area contributed by atoms with Gasteiger partial charge in [0.2, 0.25) is 23.6 Å². The number of fused-ring (bicyclic) bond motifs is 2. The monoisotopic (exact) mass is 1160 g/mol. The van der Waals surface area contributed by atoms with Crippen molar-refractivity contribution in [1.29, 1.82) is 0 Å². The van der Waals surface area contributed by atoms with Crippen molar-refractivity contribution in [3.05, 3.63) is 12.2 Å². The van der Waals surface area contributed by atoms with E-state index in [9.17, 15) is 38.4 Å². The number of ether oxygens (including phenoxy) is 10. The predicted octanol–water partition coefficient (Wildman–Crippen LogP) is 0.770. The molecule has 0 saturated heterocycles. The number of imide groups is 1. The first kappa shape index (κ1) is 66.9. The van der Waals surface area contributed by atoms with Crippen LogP contribution in [0.2, 0.25) is 0 Å². The van der Waals surface area contributed by atoms with E-state index in [1.807, 2.05) is 0 Å². The Morgan fingerprint density at radius 1 is 0.427 bits per heavy atom. The Bertz CT molecular complexity index is 1990. The van der Waals surface area contributed by atoms with Crippen molar-refractivity contribution in [3.63, 3.8) is 0 Å². The quantitative estimate of drug-likeness (QED) is 0.0279. The summed E-state index contributed by atoms with van der Waals surface area (Å²) in [5.41, 5.74) is 0. The second kappa shape index (κ2) is 41.2. The van der Waals surface area contributed by atoms with Gasteiger partial charge >= 0.3 is 12.2 Å². The van der Waals surface area contributed by atoms with Gasteiger partial charge in [-0.25, -0.2) is 9.59 Å². The molecule has 0 aromatic carbocycles. The maximum absolute atomic E-state index is 12.9. The molecule has 0 radical (unpaired) electrons. The highest BCUT2D eigenvalue weighted by molar-refractivity contribution is 6.13. The number of nitrogens with zero attached hydrogens (tertiary/aromatic N) is 1. The molecule has 5 rings (SSSR count). The minimum atomic E-state index is -0.602. The zero-order valence-electron chi connectivity index (χ0n) is 47.4. The molecule has 5 aliphatic rings. The van der Waals surface area contributed by atoms with Gasteiger partial charge in [-0.2, -0.15) is 0 Å². The molecule has 0 aromatic rings. The van der Waals surface area contributed by atoms with E-state index in [1.54, 1.807) is 0 Å². The summed E-state index contributed by atoms with van der Waals surface area (Å²) >= 11 is 0. The molecule has 0 spiro atoms. The Morgan fingerprint density at radius 3 is 1.15 bits per heavy atom. The number of hydrogen-bond donors (Lipinski definition) is 6. The molecule has 6 N–H and O–H groups in total. The maximum atomic E-state index is 12.9. The Morgan fingerprint density at radius 2 is 0.756 bits per heavy atom. The molecule has 82 heavy (non-hydrogen) atoms. The van der Waals surface area contributed by atoms with Crippen molar-refractivity contribution in [1.82, 2.24) is 36.8 Å². The Kier molecular flexibility index (Phi) is 33.6. The first-order valence-electron chi connectivity index (χ1n) is 29.1. The molecule has 1 heterocycles. The first-order chi connectivity index (χ1) is 40.1. The van der Waals surface area contributed by atoms with E-state index in [0.717, 1.165) is 68.4 Å². The summed E-state index contributed by atoms with van der Waals surface area (Å²) in [6.07, 6.45) is 9.54. The molecule has 6 atom stereocenters. The fourth-order valence-electron chi connectivity index (χ4n) is 9.72. The lowest BCUT2D eigenvalue weighted by Gasteiger charge is -2.19. The summed E-state index contributed by atoms with van der Waals surface area (Å²) in [5.74, 6) is 14.0. The molecule has 2 unspecified atom stereocenters. The molecule has 2 saturated carbocycles. The molecule has 25 nitrogen and oxygen atoms in total. The van der Waals surface area contributed by atoms with E-state index in [1.165, 1.54) is 0 Å². The van der Waals surface area contributed by atoms with Gasteiger partial charge in [-0.3, -0.25) is 33.7 Å². The highest BCUT2D eigenvalue weighted by Crippen LogP contribution is 2.53. The van der Waals surface area contributed by atoms with Crippen LogP contribution >= 0.6 is 0 Å². The fraction of sp³-hybridized carbons (Fsp3) is 0.754. The van der Waals surface area contributed by atoms with Crippen molar-refractivity contribution < 1.29 is 85.7 Å². The number of nitrogens with one attached hydrogen (secondary N) is 6. The third kappa shape index (κ3) is 29.4. The van der Waals surface area contributed by atoms with Gasteiger partial charge in [-0.05, 0) is 61.2 Å². The second-order valence-corrected chi connectivity index (χ2v) is 20.2. The molecule has 0 bridgehead atoms. The maximum Gasteiger partial charge on any atom is 0.407 e. The van der Waals surface area contributed by atoms with Crippen LogP contribution in [-0.2, 0) is 76.1 Å². The average molecular weight is 1160 g/mol. The van der Waals surface area contributed by atoms with Gasteiger partial charge in [0.25, 0.3) is 11.8 Å². The van der Waals surface area contributed by atoms with Crippen LogP contribution in [0.25, 0.3) is 0 Å². The van der Waals surface area contributed by atoms with Gasteiger partial charge in [0.05, 0.1) is 125 Å². The van der Waals surface area contributed by atoms with Crippen molar-refractivity contribution in [2.75, 3.05) is 158 Å². The zero-order chi connectivity index (χ0) is 58.2. The molecule has 25 heteroatoms. The number of amides is 8. The summed E-state index contributed by atoms with van der Waals surface area (Å²) in [6.45, 7) is 5.60. The number of carbonyl (C=O) groups excluding carboxylic acids is 8. The SMILES string of the molecule is O=C(CCOCC(COCCC(=O)NCCOCCOCCNC(=O)OCC1[C@H]2CCC#CCC[C@@H]12)NC(=O)CCOCCOCCNC(=O)CCN1C(=O)C=CC1=O)NCCOCCOCCNC(=O)OCC1[C@H]2CCC#CCC[C@@H]12. The van der Waals surface area contributed by atoms with Crippen LogP contribution in [0, 0.1) is 59.2 Å². The number of carbonyl (C=O) groups is 8. The lowest BCUT2D eigenvalue weighted by Crippen LogP contribution is -2.42. The molecule has 8 amide bonds. The minimum Gasteiger partial charge on any atom is -0.449 e. The van der Waals surface area contributed by atoms with E-state index >= 15 is 0 Å². The van der Waals surface area contributed by atoms with Crippen molar-refractivity contribution in [2.24, 2.45) is 35.5 Å². The van der Waals surface area contributed by atoms with Crippen LogP contribution in [0.3, 0.4) is 0 Å². The number of hydrogen-bond acceptors (Lipinski definition) is 18. The third-order valence-corrected chi connectivity index (χ3v) is 14.2. The van der Waals surface area contributed by atoms with Crippen molar-refractivity contribution in [3.8, 4) is 23.7 Å². The Labute approximate surface area is 481 Å². The molecule has 458 valence electrons. The molecule has 1 aliphatic heterocycles. The summed E-state index contributed by atoms with van der Waals surface area (Å²) in [6, 6.07) is -0.602. The third-order valence-electron chi connectivity index (χ3n) is 14.2. The van der Waals surface area contributed by atoms with E-state index in [2.05, 4.69) is 55.6 Å². The van der Waals surface area contributed by atoms with Crippen molar-refractivity contribution >= 4 is 47.6 Å². The molecule has 4 aliphatic carbocycles. The van der Waals surface area contributed by atoms with Crippen LogP contribution in [0.5, 0.6) is 0 Å². The lowest BCUT2D eigenvalue weighted by molar-refractivity contribution is -0.137. The predicted molar refractivity (Wildman–Crippen MR) is 294 cm³/mol. The highest BCUT2D eigenvalue weighted by Gasteiger charge is 2.50. The van der Waals surface area contributed by atoms with Crippen LogP contribution in [0.1, 0.15) is 77.0 Å². The van der Waals surface area contributed by atoms with Crippen LogP contribution in [0.15, 0.2) is 12.2 Å².